The van der Waals surface area contributed by atoms with Crippen molar-refractivity contribution in [1.29, 1.82) is 0 Å². The van der Waals surface area contributed by atoms with Gasteiger partial charge in [0, 0.05) is 27.2 Å². The van der Waals surface area contributed by atoms with Gasteiger partial charge >= 0.3 is 5.69 Å². The fraction of sp³-hybridized carbons (Fsp3) is 0.241. The van der Waals surface area contributed by atoms with Crippen LogP contribution < -0.4 is 20.3 Å². The molecule has 4 aromatic rings. The second-order valence-electron chi connectivity index (χ2n) is 10.2. The first-order valence-corrected chi connectivity index (χ1v) is 13.3. The standard InChI is InChI=1S/C29H28BrN5O6/c1-17-8-6-7-9-21(17)32-25(36)16-41-26-23(35(38)39)12-18(13-24(26)40-5)15-31-34-27(37)20-14-19(30)10-11-22(20)33-28(34)29(2,3)4/h6-15H,16H2,1-5H3,(H,32,36). The molecule has 4 rings (SSSR count). The second-order valence-corrected chi connectivity index (χ2v) is 11.1. The highest BCUT2D eigenvalue weighted by atomic mass is 79.9. The Balaban J connectivity index is 1.70. The monoisotopic (exact) mass is 621 g/mol. The van der Waals surface area contributed by atoms with Crippen LogP contribution in [-0.4, -0.2) is 40.4 Å². The number of carbonyl (C=O) groups is 1. The molecule has 0 atom stereocenters. The number of fused-ring (bicyclic) bond motifs is 1. The normalized spacial score (nSPS) is 11.6. The molecule has 0 spiro atoms. The van der Waals surface area contributed by atoms with Gasteiger partial charge in [0.25, 0.3) is 11.5 Å². The zero-order valence-electron chi connectivity index (χ0n) is 23.1. The summed E-state index contributed by atoms with van der Waals surface area (Å²) in [5, 5.41) is 19.4. The van der Waals surface area contributed by atoms with E-state index in [1.54, 1.807) is 30.3 Å². The Morgan fingerprint density at radius 2 is 1.93 bits per heavy atom. The predicted molar refractivity (Wildman–Crippen MR) is 160 cm³/mol. The van der Waals surface area contributed by atoms with Gasteiger partial charge in [0.2, 0.25) is 5.75 Å². The number of nitrogens with zero attached hydrogens (tertiary/aromatic N) is 4. The summed E-state index contributed by atoms with van der Waals surface area (Å²) in [4.78, 5) is 41.9. The number of nitrogens with one attached hydrogen (secondary N) is 1. The molecule has 0 fully saturated rings. The number of ether oxygens (including phenoxy) is 2. The van der Waals surface area contributed by atoms with Crippen LogP contribution in [0.5, 0.6) is 11.5 Å². The maximum Gasteiger partial charge on any atom is 0.315 e. The van der Waals surface area contributed by atoms with Gasteiger partial charge in [-0.1, -0.05) is 54.9 Å². The molecule has 0 saturated heterocycles. The molecular formula is C29H28BrN5O6. The summed E-state index contributed by atoms with van der Waals surface area (Å²) in [5.74, 6) is -0.270. The molecule has 0 saturated carbocycles. The summed E-state index contributed by atoms with van der Waals surface area (Å²) < 4.78 is 12.8. The summed E-state index contributed by atoms with van der Waals surface area (Å²) in [6.07, 6.45) is 1.31. The van der Waals surface area contributed by atoms with Crippen LogP contribution in [0.3, 0.4) is 0 Å². The summed E-state index contributed by atoms with van der Waals surface area (Å²) >= 11 is 3.38. The second kappa shape index (κ2) is 11.9. The van der Waals surface area contributed by atoms with E-state index in [-0.39, 0.29) is 17.1 Å². The van der Waals surface area contributed by atoms with Crippen LogP contribution in [0.15, 0.2) is 69.0 Å². The lowest BCUT2D eigenvalue weighted by molar-refractivity contribution is -0.385. The molecule has 0 bridgehead atoms. The van der Waals surface area contributed by atoms with E-state index in [2.05, 4.69) is 31.3 Å². The number of aromatic nitrogens is 2. The number of para-hydroxylation sites is 1. The molecule has 0 radical (unpaired) electrons. The molecule has 1 N–H and O–H groups in total. The van der Waals surface area contributed by atoms with Gasteiger partial charge in [-0.05, 0) is 42.8 Å². The number of methoxy groups -OCH3 is 1. The minimum atomic E-state index is -0.643. The molecule has 12 heteroatoms. The molecular weight excluding hydrogens is 594 g/mol. The number of benzene rings is 3. The van der Waals surface area contributed by atoms with Crippen molar-refractivity contribution < 1.29 is 19.2 Å². The highest BCUT2D eigenvalue weighted by Gasteiger charge is 2.25. The zero-order chi connectivity index (χ0) is 29.9. The van der Waals surface area contributed by atoms with Crippen LogP contribution in [0.4, 0.5) is 11.4 Å². The third-order valence-corrected chi connectivity index (χ3v) is 6.54. The van der Waals surface area contributed by atoms with E-state index in [0.717, 1.165) is 5.56 Å². The van der Waals surface area contributed by atoms with Crippen molar-refractivity contribution in [2.45, 2.75) is 33.1 Å². The Morgan fingerprint density at radius 3 is 2.59 bits per heavy atom. The lowest BCUT2D eigenvalue weighted by Gasteiger charge is -2.20. The van der Waals surface area contributed by atoms with Gasteiger partial charge < -0.3 is 14.8 Å². The molecule has 0 unspecified atom stereocenters. The van der Waals surface area contributed by atoms with Gasteiger partial charge in [-0.3, -0.25) is 19.7 Å². The van der Waals surface area contributed by atoms with Gasteiger partial charge in [-0.15, -0.1) is 0 Å². The summed E-state index contributed by atoms with van der Waals surface area (Å²) in [5.41, 5.74) is 0.895. The third kappa shape index (κ3) is 6.60. The Morgan fingerprint density at radius 1 is 1.20 bits per heavy atom. The van der Waals surface area contributed by atoms with Crippen molar-refractivity contribution in [2.75, 3.05) is 19.0 Å². The predicted octanol–water partition coefficient (Wildman–Crippen LogP) is 5.58. The highest BCUT2D eigenvalue weighted by Crippen LogP contribution is 2.38. The summed E-state index contributed by atoms with van der Waals surface area (Å²) in [7, 11) is 1.33. The Labute approximate surface area is 244 Å². The van der Waals surface area contributed by atoms with Crippen LogP contribution >= 0.6 is 15.9 Å². The largest absolute Gasteiger partial charge is 0.493 e. The zero-order valence-corrected chi connectivity index (χ0v) is 24.7. The lowest BCUT2D eigenvalue weighted by Crippen LogP contribution is -2.29. The van der Waals surface area contributed by atoms with Crippen LogP contribution in [-0.2, 0) is 10.2 Å². The molecule has 3 aromatic carbocycles. The molecule has 212 valence electrons. The topological polar surface area (TPSA) is 138 Å². The number of carbonyl (C=O) groups excluding carboxylic acids is 1. The average molecular weight is 622 g/mol. The Bertz CT molecular complexity index is 1740. The maximum atomic E-state index is 13.4. The molecule has 1 amide bonds. The summed E-state index contributed by atoms with van der Waals surface area (Å²) in [6, 6.07) is 15.1. The van der Waals surface area contributed by atoms with Gasteiger partial charge in [0.1, 0.15) is 5.82 Å². The highest BCUT2D eigenvalue weighted by molar-refractivity contribution is 9.10. The Hall–Kier alpha value is -4.58. The number of hydrogen-bond acceptors (Lipinski definition) is 8. The van der Waals surface area contributed by atoms with Crippen molar-refractivity contribution in [2.24, 2.45) is 5.10 Å². The number of aryl methyl sites for hydroxylation is 1. The quantitative estimate of drug-likeness (QED) is 0.154. The minimum Gasteiger partial charge on any atom is -0.493 e. The number of anilines is 1. The SMILES string of the molecule is COc1cc(C=Nn2c(C(C)(C)C)nc3ccc(Br)cc3c2=O)cc([N+](=O)[O-])c1OCC(=O)Nc1ccccc1C. The molecule has 0 aliphatic heterocycles. The lowest BCUT2D eigenvalue weighted by atomic mass is 9.95. The first-order valence-electron chi connectivity index (χ1n) is 12.5. The van der Waals surface area contributed by atoms with Crippen molar-refractivity contribution in [1.82, 2.24) is 9.66 Å². The average Bonchev–Trinajstić information content (AvgIpc) is 2.92. The van der Waals surface area contributed by atoms with E-state index in [4.69, 9.17) is 9.47 Å². The molecule has 0 aliphatic carbocycles. The third-order valence-electron chi connectivity index (χ3n) is 6.04. The van der Waals surface area contributed by atoms with Gasteiger partial charge in [-0.2, -0.15) is 9.78 Å². The van der Waals surface area contributed by atoms with E-state index in [1.165, 1.54) is 30.1 Å². The fourth-order valence-corrected chi connectivity index (χ4v) is 4.38. The van der Waals surface area contributed by atoms with E-state index in [0.29, 0.717) is 26.9 Å². The first-order chi connectivity index (χ1) is 19.4. The van der Waals surface area contributed by atoms with Crippen LogP contribution in [0.25, 0.3) is 10.9 Å². The molecule has 1 heterocycles. The maximum absolute atomic E-state index is 13.4. The van der Waals surface area contributed by atoms with E-state index < -0.39 is 34.1 Å². The van der Waals surface area contributed by atoms with Crippen molar-refractivity contribution in [3.05, 3.63) is 96.5 Å². The Kier molecular flexibility index (Phi) is 8.52. The molecule has 1 aromatic heterocycles. The van der Waals surface area contributed by atoms with Crippen LogP contribution in [0.2, 0.25) is 0 Å². The van der Waals surface area contributed by atoms with Crippen LogP contribution in [0.1, 0.15) is 37.7 Å². The van der Waals surface area contributed by atoms with E-state index in [9.17, 15) is 19.7 Å². The number of rotatable bonds is 8. The van der Waals surface area contributed by atoms with Crippen molar-refractivity contribution >= 4 is 50.3 Å². The number of nitro groups is 1. The smallest absolute Gasteiger partial charge is 0.315 e. The fourth-order valence-electron chi connectivity index (χ4n) is 4.02. The van der Waals surface area contributed by atoms with E-state index >= 15 is 0 Å². The van der Waals surface area contributed by atoms with Crippen molar-refractivity contribution in [3.8, 4) is 11.5 Å². The van der Waals surface area contributed by atoms with Gasteiger partial charge in [0.05, 0.1) is 29.2 Å². The minimum absolute atomic E-state index is 0.0216. The number of hydrogen-bond donors (Lipinski definition) is 1. The number of amides is 1. The summed E-state index contributed by atoms with van der Waals surface area (Å²) in [6.45, 7) is 7.07. The number of nitro benzene ring substituents is 1. The molecule has 0 aliphatic rings. The van der Waals surface area contributed by atoms with Gasteiger partial charge in [-0.25, -0.2) is 4.98 Å². The van der Waals surface area contributed by atoms with E-state index in [1.807, 2.05) is 39.8 Å². The molecule has 11 nitrogen and oxygen atoms in total. The first kappa shape index (κ1) is 29.4. The molecule has 41 heavy (non-hydrogen) atoms. The number of halogens is 1. The van der Waals surface area contributed by atoms with Crippen LogP contribution in [0, 0.1) is 17.0 Å². The van der Waals surface area contributed by atoms with Gasteiger partial charge in [0.15, 0.2) is 12.4 Å². The van der Waals surface area contributed by atoms with Crippen molar-refractivity contribution in [3.63, 3.8) is 0 Å².